The van der Waals surface area contributed by atoms with E-state index in [4.69, 9.17) is 16.3 Å². The van der Waals surface area contributed by atoms with E-state index in [2.05, 4.69) is 19.9 Å². The molecule has 0 amide bonds. The van der Waals surface area contributed by atoms with Crippen molar-refractivity contribution < 1.29 is 4.74 Å². The van der Waals surface area contributed by atoms with Gasteiger partial charge in [0.15, 0.2) is 0 Å². The predicted molar refractivity (Wildman–Crippen MR) is 65.6 cm³/mol. The Labute approximate surface area is 107 Å². The molecule has 0 aliphatic heterocycles. The zero-order valence-corrected chi connectivity index (χ0v) is 10.9. The minimum absolute atomic E-state index is 0.108. The van der Waals surface area contributed by atoms with E-state index in [1.165, 1.54) is 7.11 Å². The largest absolute Gasteiger partial charge is 0.467 e. The van der Waals surface area contributed by atoms with Gasteiger partial charge in [-0.1, -0.05) is 0 Å². The van der Waals surface area contributed by atoms with Crippen molar-refractivity contribution in [1.29, 1.82) is 0 Å². The maximum absolute atomic E-state index is 5.77. The van der Waals surface area contributed by atoms with E-state index in [1.54, 1.807) is 16.8 Å². The third-order valence-electron chi connectivity index (χ3n) is 1.98. The van der Waals surface area contributed by atoms with Gasteiger partial charge in [0.05, 0.1) is 24.9 Å². The van der Waals surface area contributed by atoms with E-state index >= 15 is 0 Å². The first-order chi connectivity index (χ1) is 8.19. The SMILES string of the molecule is COc1nc(Cl)nc(N(C)Cc2cscn2)n1. The molecule has 0 aliphatic rings. The lowest BCUT2D eigenvalue weighted by molar-refractivity contribution is 0.378. The summed E-state index contributed by atoms with van der Waals surface area (Å²) in [6.45, 7) is 0.604. The smallest absolute Gasteiger partial charge is 0.322 e. The van der Waals surface area contributed by atoms with Gasteiger partial charge in [-0.2, -0.15) is 15.0 Å². The number of thiazole rings is 1. The quantitative estimate of drug-likeness (QED) is 0.842. The predicted octanol–water partition coefficient (Wildman–Crippen LogP) is 1.63. The summed E-state index contributed by atoms with van der Waals surface area (Å²) in [5, 5.41) is 2.08. The number of ether oxygens (including phenoxy) is 1. The third-order valence-corrected chi connectivity index (χ3v) is 2.79. The van der Waals surface area contributed by atoms with Crippen LogP contribution < -0.4 is 9.64 Å². The van der Waals surface area contributed by atoms with Gasteiger partial charge >= 0.3 is 6.01 Å². The van der Waals surface area contributed by atoms with E-state index in [0.717, 1.165) is 5.69 Å². The lowest BCUT2D eigenvalue weighted by atomic mass is 10.4. The van der Waals surface area contributed by atoms with Crippen LogP contribution in [0.25, 0.3) is 0 Å². The van der Waals surface area contributed by atoms with Gasteiger partial charge in [-0.05, 0) is 11.6 Å². The van der Waals surface area contributed by atoms with Crippen molar-refractivity contribution in [3.05, 3.63) is 21.9 Å². The third kappa shape index (κ3) is 3.01. The first-order valence-electron chi connectivity index (χ1n) is 4.73. The zero-order valence-electron chi connectivity index (χ0n) is 9.29. The lowest BCUT2D eigenvalue weighted by Gasteiger charge is -2.15. The number of rotatable bonds is 4. The van der Waals surface area contributed by atoms with Gasteiger partial charge in [0, 0.05) is 12.4 Å². The normalized spacial score (nSPS) is 10.3. The summed E-state index contributed by atoms with van der Waals surface area (Å²) in [5.41, 5.74) is 2.73. The van der Waals surface area contributed by atoms with Crippen LogP contribution in [0.2, 0.25) is 5.28 Å². The highest BCUT2D eigenvalue weighted by Crippen LogP contribution is 2.15. The highest BCUT2D eigenvalue weighted by atomic mass is 35.5. The average Bonchev–Trinajstić information content (AvgIpc) is 2.81. The Bertz CT molecular complexity index is 492. The maximum Gasteiger partial charge on any atom is 0.322 e. The van der Waals surface area contributed by atoms with Gasteiger partial charge < -0.3 is 9.64 Å². The molecule has 2 heterocycles. The molecule has 0 saturated carbocycles. The number of aromatic nitrogens is 4. The minimum Gasteiger partial charge on any atom is -0.467 e. The van der Waals surface area contributed by atoms with Crippen LogP contribution in [-0.2, 0) is 6.54 Å². The number of methoxy groups -OCH3 is 1. The molecule has 0 unspecified atom stereocenters. The summed E-state index contributed by atoms with van der Waals surface area (Å²) in [7, 11) is 3.33. The van der Waals surface area contributed by atoms with E-state index < -0.39 is 0 Å². The van der Waals surface area contributed by atoms with Crippen LogP contribution in [0.4, 0.5) is 5.95 Å². The van der Waals surface area contributed by atoms with Crippen LogP contribution in [0.15, 0.2) is 10.9 Å². The fourth-order valence-corrected chi connectivity index (χ4v) is 1.91. The van der Waals surface area contributed by atoms with Gasteiger partial charge in [0.25, 0.3) is 0 Å². The molecule has 0 radical (unpaired) electrons. The molecule has 0 N–H and O–H groups in total. The second kappa shape index (κ2) is 5.24. The Balaban J connectivity index is 2.18. The Morgan fingerprint density at radius 1 is 1.41 bits per heavy atom. The van der Waals surface area contributed by atoms with Crippen LogP contribution in [0.3, 0.4) is 0 Å². The molecule has 2 aromatic rings. The van der Waals surface area contributed by atoms with Crippen molar-refractivity contribution in [3.63, 3.8) is 0 Å². The molecule has 8 heteroatoms. The van der Waals surface area contributed by atoms with Crippen LogP contribution in [0.1, 0.15) is 5.69 Å². The fourth-order valence-electron chi connectivity index (χ4n) is 1.21. The average molecular weight is 272 g/mol. The molecule has 2 rings (SSSR count). The standard InChI is InChI=1S/C9H10ClN5OS/c1-15(3-6-4-17-5-11-6)8-12-7(10)13-9(14-8)16-2/h4-5H,3H2,1-2H3. The second-order valence-corrected chi connectivity index (χ2v) is 4.28. The Kier molecular flexibility index (Phi) is 3.70. The van der Waals surface area contributed by atoms with Gasteiger partial charge in [-0.15, -0.1) is 11.3 Å². The molecule has 0 aromatic carbocycles. The molecule has 17 heavy (non-hydrogen) atoms. The van der Waals surface area contributed by atoms with E-state index in [0.29, 0.717) is 12.5 Å². The number of anilines is 1. The minimum atomic E-state index is 0.108. The summed E-state index contributed by atoms with van der Waals surface area (Å²) in [4.78, 5) is 18.0. The van der Waals surface area contributed by atoms with Crippen molar-refractivity contribution in [1.82, 2.24) is 19.9 Å². The molecule has 0 bridgehead atoms. The van der Waals surface area contributed by atoms with Crippen molar-refractivity contribution >= 4 is 28.9 Å². The fraction of sp³-hybridized carbons (Fsp3) is 0.333. The molecular weight excluding hydrogens is 262 g/mol. The first-order valence-corrected chi connectivity index (χ1v) is 6.05. The summed E-state index contributed by atoms with van der Waals surface area (Å²) >= 11 is 7.32. The van der Waals surface area contributed by atoms with E-state index in [9.17, 15) is 0 Å². The molecule has 0 atom stereocenters. The highest BCUT2D eigenvalue weighted by molar-refractivity contribution is 7.07. The number of hydrogen-bond acceptors (Lipinski definition) is 7. The van der Waals surface area contributed by atoms with Crippen molar-refractivity contribution in [3.8, 4) is 6.01 Å². The molecule has 6 nitrogen and oxygen atoms in total. The van der Waals surface area contributed by atoms with Gasteiger partial charge in [-0.25, -0.2) is 4.98 Å². The Morgan fingerprint density at radius 3 is 2.88 bits per heavy atom. The van der Waals surface area contributed by atoms with Crippen molar-refractivity contribution in [2.75, 3.05) is 19.1 Å². The van der Waals surface area contributed by atoms with Gasteiger partial charge in [-0.3, -0.25) is 0 Å². The zero-order chi connectivity index (χ0) is 12.3. The lowest BCUT2D eigenvalue weighted by Crippen LogP contribution is -2.20. The number of halogens is 1. The summed E-state index contributed by atoms with van der Waals surface area (Å²) in [6, 6.07) is 0.199. The molecule has 0 spiro atoms. The molecular formula is C9H10ClN5OS. The van der Waals surface area contributed by atoms with Crippen molar-refractivity contribution in [2.45, 2.75) is 6.54 Å². The van der Waals surface area contributed by atoms with E-state index in [-0.39, 0.29) is 11.3 Å². The van der Waals surface area contributed by atoms with Crippen LogP contribution >= 0.6 is 22.9 Å². The van der Waals surface area contributed by atoms with E-state index in [1.807, 2.05) is 17.3 Å². The van der Waals surface area contributed by atoms with Crippen LogP contribution in [0, 0.1) is 0 Å². The first kappa shape index (κ1) is 12.0. The monoisotopic (exact) mass is 271 g/mol. The van der Waals surface area contributed by atoms with Crippen LogP contribution in [0.5, 0.6) is 6.01 Å². The Morgan fingerprint density at radius 2 is 2.24 bits per heavy atom. The molecule has 2 aromatic heterocycles. The second-order valence-electron chi connectivity index (χ2n) is 3.23. The maximum atomic E-state index is 5.77. The molecule has 0 aliphatic carbocycles. The molecule has 0 fully saturated rings. The van der Waals surface area contributed by atoms with Gasteiger partial charge in [0.1, 0.15) is 0 Å². The Hall–Kier alpha value is -1.47. The van der Waals surface area contributed by atoms with Crippen LogP contribution in [-0.4, -0.2) is 34.1 Å². The highest BCUT2D eigenvalue weighted by Gasteiger charge is 2.10. The summed E-state index contributed by atoms with van der Waals surface area (Å²) in [6.07, 6.45) is 0. The topological polar surface area (TPSA) is 64.0 Å². The summed E-state index contributed by atoms with van der Waals surface area (Å²) in [5.74, 6) is 0.454. The molecule has 0 saturated heterocycles. The summed E-state index contributed by atoms with van der Waals surface area (Å²) < 4.78 is 4.93. The van der Waals surface area contributed by atoms with Gasteiger partial charge in [0.2, 0.25) is 11.2 Å². The number of hydrogen-bond donors (Lipinski definition) is 0. The molecule has 90 valence electrons. The van der Waals surface area contributed by atoms with Crippen molar-refractivity contribution in [2.24, 2.45) is 0 Å². The number of nitrogens with zero attached hydrogens (tertiary/aromatic N) is 5.